The van der Waals surface area contributed by atoms with Crippen molar-refractivity contribution in [1.82, 2.24) is 0 Å². The van der Waals surface area contributed by atoms with Crippen LogP contribution in [0.5, 0.6) is 0 Å². The lowest BCUT2D eigenvalue weighted by Gasteiger charge is -2.14. The molecule has 1 aliphatic heterocycles. The standard InChI is InChI=1S/C10H19NO5S/c1-5-8(12)9(13)7(16-5)4-17-3-2-6(11)10(14)15/h5-9,12-13H,2-4,11H2,1H3,(H,14,15)/t5-,6-,7+,8-,9+/m0/s1. The van der Waals surface area contributed by atoms with E-state index in [1.165, 1.54) is 11.8 Å². The van der Waals surface area contributed by atoms with Crippen LogP contribution >= 0.6 is 11.8 Å². The molecule has 0 aromatic heterocycles. The Hall–Kier alpha value is -0.340. The molecule has 7 heteroatoms. The van der Waals surface area contributed by atoms with Gasteiger partial charge in [0.25, 0.3) is 0 Å². The SMILES string of the molecule is C[C@@H]1O[C@H](CSCC[C@H](N)C(=O)O)[C@@H](O)[C@H]1O. The van der Waals surface area contributed by atoms with Gasteiger partial charge in [-0.15, -0.1) is 0 Å². The topological polar surface area (TPSA) is 113 Å². The zero-order valence-electron chi connectivity index (χ0n) is 9.65. The van der Waals surface area contributed by atoms with Crippen LogP contribution in [0.2, 0.25) is 0 Å². The summed E-state index contributed by atoms with van der Waals surface area (Å²) in [7, 11) is 0. The molecule has 1 rings (SSSR count). The van der Waals surface area contributed by atoms with Gasteiger partial charge in [0.2, 0.25) is 0 Å². The molecule has 100 valence electrons. The van der Waals surface area contributed by atoms with Crippen molar-refractivity contribution >= 4 is 17.7 Å². The number of rotatable bonds is 6. The van der Waals surface area contributed by atoms with E-state index in [0.717, 1.165) is 0 Å². The molecule has 0 spiro atoms. The Morgan fingerprint density at radius 1 is 1.47 bits per heavy atom. The van der Waals surface area contributed by atoms with Crippen molar-refractivity contribution in [2.24, 2.45) is 5.73 Å². The van der Waals surface area contributed by atoms with Crippen LogP contribution < -0.4 is 5.73 Å². The highest BCUT2D eigenvalue weighted by molar-refractivity contribution is 7.99. The van der Waals surface area contributed by atoms with Crippen molar-refractivity contribution in [3.8, 4) is 0 Å². The van der Waals surface area contributed by atoms with E-state index < -0.39 is 30.3 Å². The number of aliphatic hydroxyl groups excluding tert-OH is 2. The van der Waals surface area contributed by atoms with Crippen LogP contribution in [0.4, 0.5) is 0 Å². The minimum Gasteiger partial charge on any atom is -0.480 e. The largest absolute Gasteiger partial charge is 0.480 e. The summed E-state index contributed by atoms with van der Waals surface area (Å²) in [5.41, 5.74) is 5.35. The smallest absolute Gasteiger partial charge is 0.320 e. The molecule has 6 nitrogen and oxygen atoms in total. The molecule has 5 atom stereocenters. The van der Waals surface area contributed by atoms with E-state index in [-0.39, 0.29) is 6.10 Å². The van der Waals surface area contributed by atoms with Gasteiger partial charge in [-0.3, -0.25) is 4.79 Å². The molecule has 0 unspecified atom stereocenters. The van der Waals surface area contributed by atoms with E-state index in [9.17, 15) is 15.0 Å². The van der Waals surface area contributed by atoms with Crippen molar-refractivity contribution in [2.75, 3.05) is 11.5 Å². The van der Waals surface area contributed by atoms with Crippen molar-refractivity contribution < 1.29 is 24.9 Å². The summed E-state index contributed by atoms with van der Waals surface area (Å²) in [6.07, 6.45) is -2.10. The molecule has 0 saturated carbocycles. The number of carboxylic acid groups (broad SMARTS) is 1. The number of aliphatic hydroxyl groups is 2. The number of carbonyl (C=O) groups is 1. The third-order valence-corrected chi connectivity index (χ3v) is 3.86. The van der Waals surface area contributed by atoms with Gasteiger partial charge >= 0.3 is 5.97 Å². The third kappa shape index (κ3) is 4.11. The number of carboxylic acids is 1. The van der Waals surface area contributed by atoms with Crippen LogP contribution in [0.25, 0.3) is 0 Å². The second kappa shape index (κ2) is 6.55. The summed E-state index contributed by atoms with van der Waals surface area (Å²) in [5.74, 6) is 0.103. The second-order valence-corrected chi connectivity index (χ2v) is 5.32. The Balaban J connectivity index is 2.17. The molecule has 0 aromatic rings. The average molecular weight is 265 g/mol. The van der Waals surface area contributed by atoms with Gasteiger partial charge in [-0.2, -0.15) is 11.8 Å². The summed E-state index contributed by atoms with van der Waals surface area (Å²) in [4.78, 5) is 10.5. The number of thioether (sulfide) groups is 1. The first-order valence-electron chi connectivity index (χ1n) is 5.51. The summed E-state index contributed by atoms with van der Waals surface area (Å²) >= 11 is 1.46. The fourth-order valence-electron chi connectivity index (χ4n) is 1.61. The zero-order valence-corrected chi connectivity index (χ0v) is 10.5. The fraction of sp³-hybridized carbons (Fsp3) is 0.900. The first-order valence-corrected chi connectivity index (χ1v) is 6.66. The molecule has 17 heavy (non-hydrogen) atoms. The third-order valence-electron chi connectivity index (χ3n) is 2.77. The van der Waals surface area contributed by atoms with Crippen LogP contribution in [0.1, 0.15) is 13.3 Å². The normalized spacial score (nSPS) is 34.8. The minimum absolute atomic E-state index is 0.364. The second-order valence-electron chi connectivity index (χ2n) is 4.17. The molecule has 5 N–H and O–H groups in total. The van der Waals surface area contributed by atoms with Crippen LogP contribution in [0, 0.1) is 0 Å². The molecular weight excluding hydrogens is 246 g/mol. The maximum Gasteiger partial charge on any atom is 0.320 e. The number of ether oxygens (including phenoxy) is 1. The molecule has 0 aromatic carbocycles. The molecule has 1 aliphatic rings. The highest BCUT2D eigenvalue weighted by Gasteiger charge is 2.39. The van der Waals surface area contributed by atoms with Crippen LogP contribution in [-0.4, -0.2) is 63.3 Å². The first kappa shape index (κ1) is 14.7. The lowest BCUT2D eigenvalue weighted by molar-refractivity contribution is -0.138. The predicted octanol–water partition coefficient (Wildman–Crippen LogP) is -0.969. The Morgan fingerprint density at radius 3 is 2.59 bits per heavy atom. The molecule has 0 bridgehead atoms. The lowest BCUT2D eigenvalue weighted by Crippen LogP contribution is -2.33. The van der Waals surface area contributed by atoms with Gasteiger partial charge in [0, 0.05) is 5.75 Å². The zero-order chi connectivity index (χ0) is 13.0. The van der Waals surface area contributed by atoms with E-state index in [1.807, 2.05) is 0 Å². The number of nitrogens with two attached hydrogens (primary N) is 1. The average Bonchev–Trinajstić information content (AvgIpc) is 2.52. The maximum absolute atomic E-state index is 10.5. The Labute approximate surface area is 104 Å². The van der Waals surface area contributed by atoms with Gasteiger partial charge in [0.05, 0.1) is 12.2 Å². The van der Waals surface area contributed by atoms with Crippen molar-refractivity contribution in [2.45, 2.75) is 43.8 Å². The fourth-order valence-corrected chi connectivity index (χ4v) is 2.70. The van der Waals surface area contributed by atoms with Crippen LogP contribution in [0.15, 0.2) is 0 Å². The molecule has 1 saturated heterocycles. The lowest BCUT2D eigenvalue weighted by atomic mass is 10.1. The summed E-state index contributed by atoms with van der Waals surface area (Å²) in [6, 6.07) is -0.846. The van der Waals surface area contributed by atoms with Crippen LogP contribution in [0.3, 0.4) is 0 Å². The van der Waals surface area contributed by atoms with Gasteiger partial charge in [0.1, 0.15) is 18.2 Å². The highest BCUT2D eigenvalue weighted by atomic mass is 32.2. The van der Waals surface area contributed by atoms with Gasteiger partial charge in [0.15, 0.2) is 0 Å². The number of hydrogen-bond donors (Lipinski definition) is 4. The molecule has 1 fully saturated rings. The van der Waals surface area contributed by atoms with Gasteiger partial charge in [-0.05, 0) is 19.1 Å². The summed E-state index contributed by atoms with van der Waals surface area (Å²) in [6.45, 7) is 1.71. The van der Waals surface area contributed by atoms with Gasteiger partial charge in [-0.1, -0.05) is 0 Å². The quantitative estimate of drug-likeness (QED) is 0.457. The Kier molecular flexibility index (Phi) is 5.68. The summed E-state index contributed by atoms with van der Waals surface area (Å²) in [5, 5.41) is 27.7. The first-order chi connectivity index (χ1) is 7.93. The minimum atomic E-state index is -1.01. The van der Waals surface area contributed by atoms with Gasteiger partial charge in [-0.25, -0.2) is 0 Å². The Bertz CT molecular complexity index is 265. The van der Waals surface area contributed by atoms with Crippen LogP contribution in [-0.2, 0) is 9.53 Å². The highest BCUT2D eigenvalue weighted by Crippen LogP contribution is 2.24. The van der Waals surface area contributed by atoms with Crippen molar-refractivity contribution in [1.29, 1.82) is 0 Å². The maximum atomic E-state index is 10.5. The molecule has 0 aliphatic carbocycles. The van der Waals surface area contributed by atoms with Gasteiger partial charge < -0.3 is 25.8 Å². The van der Waals surface area contributed by atoms with E-state index >= 15 is 0 Å². The molecular formula is C10H19NO5S. The van der Waals surface area contributed by atoms with E-state index in [4.69, 9.17) is 15.6 Å². The Morgan fingerprint density at radius 2 is 2.12 bits per heavy atom. The summed E-state index contributed by atoms with van der Waals surface area (Å²) < 4.78 is 5.37. The predicted molar refractivity (Wildman–Crippen MR) is 63.9 cm³/mol. The van der Waals surface area contributed by atoms with E-state index in [0.29, 0.717) is 17.9 Å². The van der Waals surface area contributed by atoms with Crippen molar-refractivity contribution in [3.63, 3.8) is 0 Å². The van der Waals surface area contributed by atoms with E-state index in [2.05, 4.69) is 0 Å². The van der Waals surface area contributed by atoms with Crippen molar-refractivity contribution in [3.05, 3.63) is 0 Å². The number of hydrogen-bond acceptors (Lipinski definition) is 6. The molecule has 1 heterocycles. The molecule has 0 amide bonds. The van der Waals surface area contributed by atoms with E-state index in [1.54, 1.807) is 6.92 Å². The number of aliphatic carboxylic acids is 1. The monoisotopic (exact) mass is 265 g/mol. The molecule has 0 radical (unpaired) electrons.